The zero-order chi connectivity index (χ0) is 20.7. The van der Waals surface area contributed by atoms with Gasteiger partial charge in [-0.15, -0.1) is 0 Å². The average molecular weight is 381 g/mol. The quantitative estimate of drug-likeness (QED) is 0.324. The number of ether oxygens (including phenoxy) is 1. The van der Waals surface area contributed by atoms with E-state index in [9.17, 15) is 25.0 Å². The molecule has 0 heterocycles. The molecule has 0 bridgehead atoms. The molecule has 28 heavy (non-hydrogen) atoms. The van der Waals surface area contributed by atoms with Gasteiger partial charge in [-0.25, -0.2) is 4.79 Å². The van der Waals surface area contributed by atoms with Crippen LogP contribution in [-0.4, -0.2) is 28.5 Å². The summed E-state index contributed by atoms with van der Waals surface area (Å²) >= 11 is 0. The topological polar surface area (TPSA) is 143 Å². The molecule has 0 saturated carbocycles. The number of amides is 1. The third kappa shape index (κ3) is 4.92. The Kier molecular flexibility index (Phi) is 6.44. The van der Waals surface area contributed by atoms with Gasteiger partial charge in [-0.05, 0) is 37.3 Å². The van der Waals surface area contributed by atoms with Gasteiger partial charge in [0, 0.05) is 23.4 Å². The van der Waals surface area contributed by atoms with Crippen molar-refractivity contribution in [2.24, 2.45) is 0 Å². The highest BCUT2D eigenvalue weighted by Gasteiger charge is 2.15. The number of carboxylic acid groups (broad SMARTS) is 1. The summed E-state index contributed by atoms with van der Waals surface area (Å²) in [6, 6.07) is 11.1. The largest absolute Gasteiger partial charge is 0.493 e. The van der Waals surface area contributed by atoms with E-state index in [2.05, 4.69) is 5.32 Å². The predicted molar refractivity (Wildman–Crippen MR) is 99.9 cm³/mol. The van der Waals surface area contributed by atoms with Gasteiger partial charge in [0.1, 0.15) is 17.4 Å². The lowest BCUT2D eigenvalue weighted by Crippen LogP contribution is -2.13. The molecule has 9 heteroatoms. The summed E-state index contributed by atoms with van der Waals surface area (Å²) in [7, 11) is 0. The SMILES string of the molecule is CCOc1ccc(C(=O)O)cc1/C=C(\C#N)C(=O)Nc1cccc([N+](=O)[O-])c1. The van der Waals surface area contributed by atoms with Gasteiger partial charge in [-0.3, -0.25) is 14.9 Å². The van der Waals surface area contributed by atoms with Crippen molar-refractivity contribution in [1.29, 1.82) is 5.26 Å². The summed E-state index contributed by atoms with van der Waals surface area (Å²) < 4.78 is 5.40. The van der Waals surface area contributed by atoms with E-state index < -0.39 is 16.8 Å². The van der Waals surface area contributed by atoms with Gasteiger partial charge in [0.2, 0.25) is 0 Å². The van der Waals surface area contributed by atoms with Crippen LogP contribution in [0.5, 0.6) is 5.75 Å². The monoisotopic (exact) mass is 381 g/mol. The zero-order valence-electron chi connectivity index (χ0n) is 14.7. The standard InChI is InChI=1S/C19H15N3O6/c1-2-28-17-7-6-12(19(24)25)8-13(17)9-14(11-20)18(23)21-15-4-3-5-16(10-15)22(26)27/h3-10H,2H2,1H3,(H,21,23)(H,24,25)/b14-9+. The Hall–Kier alpha value is -4.19. The third-order valence-corrected chi connectivity index (χ3v) is 3.54. The smallest absolute Gasteiger partial charge is 0.335 e. The van der Waals surface area contributed by atoms with Gasteiger partial charge in [0.25, 0.3) is 11.6 Å². The molecule has 0 aromatic heterocycles. The number of hydrogen-bond donors (Lipinski definition) is 2. The maximum absolute atomic E-state index is 12.4. The summed E-state index contributed by atoms with van der Waals surface area (Å²) in [4.78, 5) is 33.8. The fourth-order valence-corrected chi connectivity index (χ4v) is 2.28. The predicted octanol–water partition coefficient (Wildman–Crippen LogP) is 3.24. The Balaban J connectivity index is 2.37. The lowest BCUT2D eigenvalue weighted by atomic mass is 10.1. The van der Waals surface area contributed by atoms with Crippen molar-refractivity contribution in [1.82, 2.24) is 0 Å². The van der Waals surface area contributed by atoms with Crippen molar-refractivity contribution in [3.8, 4) is 11.8 Å². The Bertz CT molecular complexity index is 1010. The Labute approximate surface area is 159 Å². The first-order valence-corrected chi connectivity index (χ1v) is 8.03. The van der Waals surface area contributed by atoms with Crippen molar-refractivity contribution in [2.75, 3.05) is 11.9 Å². The molecule has 1 amide bonds. The molecule has 0 spiro atoms. The molecule has 0 aliphatic heterocycles. The van der Waals surface area contributed by atoms with Crippen molar-refractivity contribution in [2.45, 2.75) is 6.92 Å². The van der Waals surface area contributed by atoms with E-state index in [4.69, 9.17) is 9.84 Å². The van der Waals surface area contributed by atoms with Crippen LogP contribution in [0.15, 0.2) is 48.0 Å². The normalized spacial score (nSPS) is 10.6. The van der Waals surface area contributed by atoms with Crippen LogP contribution in [0.25, 0.3) is 6.08 Å². The van der Waals surface area contributed by atoms with Crippen molar-refractivity contribution < 1.29 is 24.4 Å². The van der Waals surface area contributed by atoms with Gasteiger partial charge < -0.3 is 15.2 Å². The number of nitriles is 1. The number of carboxylic acids is 1. The van der Waals surface area contributed by atoms with E-state index >= 15 is 0 Å². The fourth-order valence-electron chi connectivity index (χ4n) is 2.28. The first kappa shape index (κ1) is 20.1. The molecular formula is C19H15N3O6. The summed E-state index contributed by atoms with van der Waals surface area (Å²) in [5, 5.41) is 31.7. The van der Waals surface area contributed by atoms with Crippen LogP contribution in [0.1, 0.15) is 22.8 Å². The van der Waals surface area contributed by atoms with E-state index in [-0.39, 0.29) is 28.1 Å². The summed E-state index contributed by atoms with van der Waals surface area (Å²) in [5.41, 5.74) is -0.189. The molecular weight excluding hydrogens is 366 g/mol. The number of aromatic carboxylic acids is 1. The minimum absolute atomic E-state index is 0.0360. The lowest BCUT2D eigenvalue weighted by Gasteiger charge is -2.09. The molecule has 0 radical (unpaired) electrons. The number of carbonyl (C=O) groups is 2. The van der Waals surface area contributed by atoms with E-state index in [1.807, 2.05) is 0 Å². The zero-order valence-corrected chi connectivity index (χ0v) is 14.7. The molecule has 0 saturated heterocycles. The summed E-state index contributed by atoms with van der Waals surface area (Å²) in [6.45, 7) is 2.04. The number of anilines is 1. The molecule has 2 N–H and O–H groups in total. The molecule has 0 aliphatic rings. The number of nitrogens with one attached hydrogen (secondary N) is 1. The summed E-state index contributed by atoms with van der Waals surface area (Å²) in [6.07, 6.45) is 1.20. The minimum atomic E-state index is -1.17. The number of rotatable bonds is 7. The summed E-state index contributed by atoms with van der Waals surface area (Å²) in [5.74, 6) is -1.66. The molecule has 2 aromatic rings. The Morgan fingerprint density at radius 1 is 1.32 bits per heavy atom. The van der Waals surface area contributed by atoms with Crippen molar-refractivity contribution in [3.05, 3.63) is 69.3 Å². The van der Waals surface area contributed by atoms with E-state index in [1.165, 1.54) is 42.5 Å². The second-order valence-electron chi connectivity index (χ2n) is 5.42. The first-order valence-electron chi connectivity index (χ1n) is 8.03. The molecule has 2 rings (SSSR count). The molecule has 142 valence electrons. The highest BCUT2D eigenvalue weighted by atomic mass is 16.6. The van der Waals surface area contributed by atoms with E-state index in [0.29, 0.717) is 12.4 Å². The highest BCUT2D eigenvalue weighted by molar-refractivity contribution is 6.10. The van der Waals surface area contributed by atoms with Crippen LogP contribution in [-0.2, 0) is 4.79 Å². The first-order chi connectivity index (χ1) is 13.3. The lowest BCUT2D eigenvalue weighted by molar-refractivity contribution is -0.384. The van der Waals surface area contributed by atoms with Crippen LogP contribution in [0.2, 0.25) is 0 Å². The number of nitrogens with zero attached hydrogens (tertiary/aromatic N) is 2. The molecule has 0 fully saturated rings. The van der Waals surface area contributed by atoms with Crippen molar-refractivity contribution >= 4 is 29.3 Å². The van der Waals surface area contributed by atoms with Crippen LogP contribution in [0, 0.1) is 21.4 Å². The Morgan fingerprint density at radius 3 is 2.68 bits per heavy atom. The molecule has 9 nitrogen and oxygen atoms in total. The van der Waals surface area contributed by atoms with Gasteiger partial charge in [-0.2, -0.15) is 5.26 Å². The second-order valence-corrected chi connectivity index (χ2v) is 5.42. The molecule has 0 aliphatic carbocycles. The average Bonchev–Trinajstić information content (AvgIpc) is 2.67. The Morgan fingerprint density at radius 2 is 2.07 bits per heavy atom. The molecule has 0 unspecified atom stereocenters. The number of nitro groups is 1. The maximum Gasteiger partial charge on any atom is 0.335 e. The maximum atomic E-state index is 12.4. The number of carbonyl (C=O) groups excluding carboxylic acids is 1. The van der Waals surface area contributed by atoms with Crippen molar-refractivity contribution in [3.63, 3.8) is 0 Å². The van der Waals surface area contributed by atoms with Crippen LogP contribution in [0.3, 0.4) is 0 Å². The van der Waals surface area contributed by atoms with Gasteiger partial charge in [0.05, 0.1) is 17.1 Å². The fraction of sp³-hybridized carbons (Fsp3) is 0.105. The van der Waals surface area contributed by atoms with Gasteiger partial charge in [-0.1, -0.05) is 6.07 Å². The van der Waals surface area contributed by atoms with E-state index in [0.717, 1.165) is 6.07 Å². The number of hydrogen-bond acceptors (Lipinski definition) is 6. The highest BCUT2D eigenvalue weighted by Crippen LogP contribution is 2.24. The van der Waals surface area contributed by atoms with Crippen LogP contribution >= 0.6 is 0 Å². The van der Waals surface area contributed by atoms with Crippen LogP contribution in [0.4, 0.5) is 11.4 Å². The third-order valence-electron chi connectivity index (χ3n) is 3.54. The van der Waals surface area contributed by atoms with Gasteiger partial charge in [0.15, 0.2) is 0 Å². The van der Waals surface area contributed by atoms with Gasteiger partial charge >= 0.3 is 5.97 Å². The van der Waals surface area contributed by atoms with Crippen LogP contribution < -0.4 is 10.1 Å². The number of non-ortho nitro benzene ring substituents is 1. The molecule has 0 atom stereocenters. The molecule has 2 aromatic carbocycles. The number of benzene rings is 2. The number of nitro benzene ring substituents is 1. The van der Waals surface area contributed by atoms with E-state index in [1.54, 1.807) is 13.0 Å². The minimum Gasteiger partial charge on any atom is -0.493 e. The second kappa shape index (κ2) is 8.95.